The Morgan fingerprint density at radius 3 is 2.32 bits per heavy atom. The Labute approximate surface area is 164 Å². The first-order chi connectivity index (χ1) is 11.9. The van der Waals surface area contributed by atoms with E-state index in [0.717, 1.165) is 20.2 Å². The first-order valence-electron chi connectivity index (χ1n) is 7.70. The van der Waals surface area contributed by atoms with Gasteiger partial charge in [-0.3, -0.25) is 4.79 Å². The van der Waals surface area contributed by atoms with Crippen molar-refractivity contribution in [2.75, 3.05) is 23.8 Å². The first-order valence-corrected chi connectivity index (χ1v) is 9.28. The van der Waals surface area contributed by atoms with Gasteiger partial charge in [-0.25, -0.2) is 4.79 Å². The summed E-state index contributed by atoms with van der Waals surface area (Å²) in [6.07, 6.45) is 0.222. The van der Waals surface area contributed by atoms with E-state index in [1.54, 1.807) is 24.1 Å². The molecule has 7 heteroatoms. The van der Waals surface area contributed by atoms with E-state index in [4.69, 9.17) is 0 Å². The maximum atomic E-state index is 12.3. The molecule has 0 unspecified atom stereocenters. The molecule has 0 saturated carbocycles. The van der Waals surface area contributed by atoms with Crippen molar-refractivity contribution in [1.29, 1.82) is 0 Å². The van der Waals surface area contributed by atoms with Crippen LogP contribution >= 0.6 is 31.9 Å². The van der Waals surface area contributed by atoms with Gasteiger partial charge >= 0.3 is 6.03 Å². The summed E-state index contributed by atoms with van der Waals surface area (Å²) in [6.45, 7) is 2.22. The molecular weight excluding hydrogens is 450 g/mol. The van der Waals surface area contributed by atoms with Crippen LogP contribution in [0.4, 0.5) is 16.2 Å². The van der Waals surface area contributed by atoms with Crippen molar-refractivity contribution in [3.8, 4) is 0 Å². The van der Waals surface area contributed by atoms with Gasteiger partial charge in [0.2, 0.25) is 5.91 Å². The number of nitrogens with zero attached hydrogens (tertiary/aromatic N) is 1. The zero-order valence-corrected chi connectivity index (χ0v) is 17.1. The molecule has 0 aliphatic carbocycles. The molecule has 0 bridgehead atoms. The van der Waals surface area contributed by atoms with Gasteiger partial charge in [-0.1, -0.05) is 31.9 Å². The molecule has 0 aliphatic heterocycles. The molecule has 2 aromatic carbocycles. The molecule has 0 heterocycles. The minimum atomic E-state index is -0.336. The van der Waals surface area contributed by atoms with Crippen molar-refractivity contribution in [2.45, 2.75) is 13.3 Å². The number of urea groups is 1. The predicted octanol–water partition coefficient (Wildman–Crippen LogP) is 4.69. The minimum absolute atomic E-state index is 0.0608. The lowest BCUT2D eigenvalue weighted by molar-refractivity contribution is -0.118. The largest absolute Gasteiger partial charge is 0.337 e. The van der Waals surface area contributed by atoms with E-state index in [9.17, 15) is 9.59 Å². The Bertz CT molecular complexity index is 763. The van der Waals surface area contributed by atoms with Gasteiger partial charge in [0.25, 0.3) is 0 Å². The van der Waals surface area contributed by atoms with E-state index in [0.29, 0.717) is 5.69 Å². The number of aryl methyl sites for hydroxylation is 1. The Kier molecular flexibility index (Phi) is 7.01. The minimum Gasteiger partial charge on any atom is -0.337 e. The monoisotopic (exact) mass is 467 g/mol. The molecule has 132 valence electrons. The third-order valence-corrected chi connectivity index (χ3v) is 4.64. The Balaban J connectivity index is 1.81. The number of carbonyl (C=O) groups is 2. The third-order valence-electron chi connectivity index (χ3n) is 3.62. The fraction of sp³-hybridized carbons (Fsp3) is 0.222. The van der Waals surface area contributed by atoms with Gasteiger partial charge in [0.1, 0.15) is 0 Å². The van der Waals surface area contributed by atoms with Gasteiger partial charge in [0, 0.05) is 40.3 Å². The summed E-state index contributed by atoms with van der Waals surface area (Å²) in [5.41, 5.74) is 2.55. The number of hydrogen-bond donors (Lipinski definition) is 2. The van der Waals surface area contributed by atoms with E-state index in [-0.39, 0.29) is 24.9 Å². The fourth-order valence-electron chi connectivity index (χ4n) is 2.29. The van der Waals surface area contributed by atoms with Crippen molar-refractivity contribution in [2.24, 2.45) is 0 Å². The molecule has 2 aromatic rings. The molecule has 0 fully saturated rings. The van der Waals surface area contributed by atoms with Crippen LogP contribution in [0.25, 0.3) is 0 Å². The molecule has 0 aromatic heterocycles. The summed E-state index contributed by atoms with van der Waals surface area (Å²) >= 11 is 6.75. The topological polar surface area (TPSA) is 61.4 Å². The third kappa shape index (κ3) is 5.86. The van der Waals surface area contributed by atoms with Gasteiger partial charge in [-0.05, 0) is 55.0 Å². The summed E-state index contributed by atoms with van der Waals surface area (Å²) in [6, 6.07) is 12.7. The van der Waals surface area contributed by atoms with E-state index in [1.807, 2.05) is 37.3 Å². The first kappa shape index (κ1) is 19.5. The second kappa shape index (κ2) is 9.01. The number of hydrogen-bond acceptors (Lipinski definition) is 2. The average molecular weight is 469 g/mol. The number of nitrogens with one attached hydrogen (secondary N) is 2. The lowest BCUT2D eigenvalue weighted by Crippen LogP contribution is -2.34. The number of carbonyl (C=O) groups excluding carboxylic acids is 2. The molecule has 0 saturated heterocycles. The summed E-state index contributed by atoms with van der Waals surface area (Å²) < 4.78 is 1.91. The number of amides is 3. The van der Waals surface area contributed by atoms with Crippen LogP contribution in [0.3, 0.4) is 0 Å². The molecule has 2 N–H and O–H groups in total. The van der Waals surface area contributed by atoms with Crippen LogP contribution in [-0.2, 0) is 4.79 Å². The summed E-state index contributed by atoms with van der Waals surface area (Å²) in [4.78, 5) is 25.7. The molecule has 25 heavy (non-hydrogen) atoms. The van der Waals surface area contributed by atoms with Gasteiger partial charge in [-0.15, -0.1) is 0 Å². The van der Waals surface area contributed by atoms with E-state index >= 15 is 0 Å². The highest BCUT2D eigenvalue weighted by Gasteiger charge is 2.13. The summed E-state index contributed by atoms with van der Waals surface area (Å²) in [5.74, 6) is -0.0608. The van der Waals surface area contributed by atoms with E-state index in [2.05, 4.69) is 42.5 Å². The maximum absolute atomic E-state index is 12.3. The van der Waals surface area contributed by atoms with Crippen molar-refractivity contribution in [3.05, 3.63) is 57.0 Å². The van der Waals surface area contributed by atoms with Gasteiger partial charge in [0.05, 0.1) is 0 Å². The number of anilines is 2. The zero-order valence-electron chi connectivity index (χ0n) is 14.0. The van der Waals surface area contributed by atoms with Crippen LogP contribution in [0.5, 0.6) is 0 Å². The number of benzene rings is 2. The van der Waals surface area contributed by atoms with Crippen LogP contribution < -0.4 is 15.5 Å². The van der Waals surface area contributed by atoms with Crippen LogP contribution in [0.2, 0.25) is 0 Å². The maximum Gasteiger partial charge on any atom is 0.319 e. The lowest BCUT2D eigenvalue weighted by atomic mass is 10.2. The van der Waals surface area contributed by atoms with Gasteiger partial charge in [-0.2, -0.15) is 0 Å². The van der Waals surface area contributed by atoms with Gasteiger partial charge in [0.15, 0.2) is 0 Å². The molecule has 0 spiro atoms. The standard InChI is InChI=1S/C18H19Br2N3O2/c1-12-11-14(20)5-8-16(12)23(2)17(24)9-10-21-18(25)22-15-6-3-13(19)4-7-15/h3-8,11H,9-10H2,1-2H3,(H2,21,22,25). The van der Waals surface area contributed by atoms with Gasteiger partial charge < -0.3 is 15.5 Å². The summed E-state index contributed by atoms with van der Waals surface area (Å²) in [5, 5.41) is 5.41. The molecule has 0 aliphatic rings. The van der Waals surface area contributed by atoms with Crippen molar-refractivity contribution < 1.29 is 9.59 Å². The van der Waals surface area contributed by atoms with Crippen LogP contribution in [0.15, 0.2) is 51.4 Å². The number of rotatable bonds is 5. The van der Waals surface area contributed by atoms with Crippen molar-refractivity contribution >= 4 is 55.2 Å². The summed E-state index contributed by atoms with van der Waals surface area (Å²) in [7, 11) is 1.74. The molecule has 3 amide bonds. The van der Waals surface area contributed by atoms with Crippen LogP contribution in [0, 0.1) is 6.92 Å². The van der Waals surface area contributed by atoms with Crippen molar-refractivity contribution in [1.82, 2.24) is 5.32 Å². The molecule has 2 rings (SSSR count). The highest BCUT2D eigenvalue weighted by atomic mass is 79.9. The Hall–Kier alpha value is -1.86. The normalized spacial score (nSPS) is 10.2. The molecular formula is C18H19Br2N3O2. The smallest absolute Gasteiger partial charge is 0.319 e. The molecule has 0 atom stereocenters. The number of halogens is 2. The second-order valence-corrected chi connectivity index (χ2v) is 7.35. The fourth-order valence-corrected chi connectivity index (χ4v) is 3.03. The average Bonchev–Trinajstić information content (AvgIpc) is 2.56. The second-order valence-electron chi connectivity index (χ2n) is 5.52. The Morgan fingerprint density at radius 2 is 1.68 bits per heavy atom. The highest BCUT2D eigenvalue weighted by molar-refractivity contribution is 9.10. The predicted molar refractivity (Wildman–Crippen MR) is 108 cm³/mol. The zero-order chi connectivity index (χ0) is 18.4. The van der Waals surface area contributed by atoms with Crippen LogP contribution in [0.1, 0.15) is 12.0 Å². The molecule has 5 nitrogen and oxygen atoms in total. The lowest BCUT2D eigenvalue weighted by Gasteiger charge is -2.20. The van der Waals surface area contributed by atoms with Crippen molar-refractivity contribution in [3.63, 3.8) is 0 Å². The van der Waals surface area contributed by atoms with Crippen LogP contribution in [-0.4, -0.2) is 25.5 Å². The SMILES string of the molecule is Cc1cc(Br)ccc1N(C)C(=O)CCNC(=O)Nc1ccc(Br)cc1. The van der Waals surface area contributed by atoms with E-state index < -0.39 is 0 Å². The Morgan fingerprint density at radius 1 is 1.04 bits per heavy atom. The molecule has 0 radical (unpaired) electrons. The van der Waals surface area contributed by atoms with E-state index in [1.165, 1.54) is 0 Å². The quantitative estimate of drug-likeness (QED) is 0.668. The highest BCUT2D eigenvalue weighted by Crippen LogP contribution is 2.23.